The molecule has 1 fully saturated rings. The van der Waals surface area contributed by atoms with Crippen LogP contribution in [-0.2, 0) is 9.59 Å². The molecule has 0 radical (unpaired) electrons. The molecular weight excluding hydrogens is 220 g/mol. The van der Waals surface area contributed by atoms with Crippen LogP contribution in [0.4, 0.5) is 0 Å². The predicted molar refractivity (Wildman–Crippen MR) is 64.6 cm³/mol. The van der Waals surface area contributed by atoms with E-state index in [1.54, 1.807) is 6.08 Å². The molecule has 0 bridgehead atoms. The molecule has 0 aromatic rings. The quantitative estimate of drug-likeness (QED) is 0.686. The van der Waals surface area contributed by atoms with Crippen molar-refractivity contribution in [1.29, 1.82) is 0 Å². The summed E-state index contributed by atoms with van der Waals surface area (Å²) in [6.07, 6.45) is 4.97. The van der Waals surface area contributed by atoms with Gasteiger partial charge in [-0.3, -0.25) is 9.69 Å². The summed E-state index contributed by atoms with van der Waals surface area (Å²) < 4.78 is 0. The lowest BCUT2D eigenvalue weighted by atomic mass is 9.97. The van der Waals surface area contributed by atoms with Gasteiger partial charge in [0, 0.05) is 26.1 Å². The Labute approximate surface area is 101 Å². The van der Waals surface area contributed by atoms with E-state index in [0.29, 0.717) is 12.5 Å². The van der Waals surface area contributed by atoms with Gasteiger partial charge >= 0.3 is 5.97 Å². The molecule has 5 nitrogen and oxygen atoms in total. The average Bonchev–Trinajstić information content (AvgIpc) is 2.27. The van der Waals surface area contributed by atoms with E-state index >= 15 is 0 Å². The Morgan fingerprint density at radius 1 is 1.41 bits per heavy atom. The normalized spacial score (nSPS) is 18.4. The third-order valence-electron chi connectivity index (χ3n) is 2.97. The topological polar surface area (TPSA) is 69.6 Å². The molecule has 0 aliphatic carbocycles. The summed E-state index contributed by atoms with van der Waals surface area (Å²) in [7, 11) is 0. The fourth-order valence-corrected chi connectivity index (χ4v) is 1.96. The highest BCUT2D eigenvalue weighted by molar-refractivity contribution is 5.79. The zero-order valence-electron chi connectivity index (χ0n) is 10.2. The molecule has 5 heteroatoms. The number of carbonyl (C=O) groups excluding carboxylic acids is 1. The highest BCUT2D eigenvalue weighted by atomic mass is 16.4. The summed E-state index contributed by atoms with van der Waals surface area (Å²) in [5.74, 6) is -0.319. The van der Waals surface area contributed by atoms with Gasteiger partial charge in [0.25, 0.3) is 0 Å². The van der Waals surface area contributed by atoms with Crippen LogP contribution in [0.1, 0.15) is 19.8 Å². The molecular formula is C12H20N2O3. The van der Waals surface area contributed by atoms with E-state index in [1.165, 1.54) is 13.0 Å². The summed E-state index contributed by atoms with van der Waals surface area (Å²) in [4.78, 5) is 23.3. The van der Waals surface area contributed by atoms with Gasteiger partial charge < -0.3 is 10.4 Å². The van der Waals surface area contributed by atoms with Crippen molar-refractivity contribution in [2.75, 3.05) is 26.2 Å². The van der Waals surface area contributed by atoms with E-state index < -0.39 is 5.97 Å². The summed E-state index contributed by atoms with van der Waals surface area (Å²) in [5, 5.41) is 11.3. The Balaban J connectivity index is 2.17. The van der Waals surface area contributed by atoms with E-state index in [4.69, 9.17) is 5.11 Å². The molecule has 1 rings (SSSR count). The maximum Gasteiger partial charge on any atom is 0.328 e. The lowest BCUT2D eigenvalue weighted by molar-refractivity contribution is -0.131. The molecule has 1 aliphatic heterocycles. The number of nitrogens with zero attached hydrogens (tertiary/aromatic N) is 1. The first kappa shape index (κ1) is 13.7. The lowest BCUT2D eigenvalue weighted by Crippen LogP contribution is -2.38. The molecule has 0 aromatic carbocycles. The maximum atomic E-state index is 10.8. The molecule has 0 spiro atoms. The van der Waals surface area contributed by atoms with Crippen LogP contribution in [0.25, 0.3) is 0 Å². The second-order valence-electron chi connectivity index (χ2n) is 4.42. The zero-order valence-corrected chi connectivity index (χ0v) is 10.2. The summed E-state index contributed by atoms with van der Waals surface area (Å²) in [6, 6.07) is 0. The van der Waals surface area contributed by atoms with Crippen molar-refractivity contribution >= 4 is 11.9 Å². The number of carbonyl (C=O) groups is 2. The number of aliphatic carboxylic acids is 1. The fourth-order valence-electron chi connectivity index (χ4n) is 1.96. The minimum Gasteiger partial charge on any atom is -0.478 e. The minimum absolute atomic E-state index is 0.0248. The number of carboxylic acid groups (broad SMARTS) is 1. The summed E-state index contributed by atoms with van der Waals surface area (Å²) in [6.45, 7) is 4.92. The number of likely N-dealkylation sites (tertiary alicyclic amines) is 1. The van der Waals surface area contributed by atoms with Gasteiger partial charge in [-0.2, -0.15) is 0 Å². The van der Waals surface area contributed by atoms with Crippen molar-refractivity contribution < 1.29 is 14.7 Å². The zero-order chi connectivity index (χ0) is 12.7. The second-order valence-corrected chi connectivity index (χ2v) is 4.42. The Bertz CT molecular complexity index is 294. The van der Waals surface area contributed by atoms with Crippen molar-refractivity contribution in [1.82, 2.24) is 10.2 Å². The summed E-state index contributed by atoms with van der Waals surface area (Å²) >= 11 is 0. The van der Waals surface area contributed by atoms with Gasteiger partial charge in [0.05, 0.1) is 0 Å². The molecule has 1 heterocycles. The minimum atomic E-state index is -0.898. The number of amides is 1. The highest BCUT2D eigenvalue weighted by Gasteiger charge is 2.18. The van der Waals surface area contributed by atoms with Crippen LogP contribution in [-0.4, -0.2) is 48.1 Å². The first-order chi connectivity index (χ1) is 8.08. The van der Waals surface area contributed by atoms with Crippen molar-refractivity contribution in [3.8, 4) is 0 Å². The molecule has 1 saturated heterocycles. The van der Waals surface area contributed by atoms with Crippen molar-refractivity contribution in [3.63, 3.8) is 0 Å². The summed E-state index contributed by atoms with van der Waals surface area (Å²) in [5.41, 5.74) is 0. The van der Waals surface area contributed by atoms with Crippen LogP contribution in [0.2, 0.25) is 0 Å². The number of carboxylic acids is 1. The van der Waals surface area contributed by atoms with Crippen LogP contribution in [0.15, 0.2) is 12.2 Å². The molecule has 1 amide bonds. The second kappa shape index (κ2) is 7.06. The Kier molecular flexibility index (Phi) is 5.69. The van der Waals surface area contributed by atoms with Gasteiger partial charge in [-0.15, -0.1) is 0 Å². The van der Waals surface area contributed by atoms with Gasteiger partial charge in [0.15, 0.2) is 0 Å². The van der Waals surface area contributed by atoms with Crippen LogP contribution < -0.4 is 5.32 Å². The van der Waals surface area contributed by atoms with Crippen molar-refractivity contribution in [3.05, 3.63) is 12.2 Å². The predicted octanol–water partition coefficient (Wildman–Crippen LogP) is 0.475. The van der Waals surface area contributed by atoms with Gasteiger partial charge in [-0.05, 0) is 31.8 Å². The fraction of sp³-hybridized carbons (Fsp3) is 0.667. The molecule has 0 aromatic heterocycles. The van der Waals surface area contributed by atoms with Crippen LogP contribution in [0.3, 0.4) is 0 Å². The van der Waals surface area contributed by atoms with Crippen LogP contribution >= 0.6 is 0 Å². The van der Waals surface area contributed by atoms with Gasteiger partial charge in [-0.1, -0.05) is 6.08 Å². The Morgan fingerprint density at radius 3 is 2.59 bits per heavy atom. The maximum absolute atomic E-state index is 10.8. The number of hydrogen-bond donors (Lipinski definition) is 2. The first-order valence-electron chi connectivity index (χ1n) is 5.94. The van der Waals surface area contributed by atoms with E-state index in [0.717, 1.165) is 32.5 Å². The molecule has 0 atom stereocenters. The lowest BCUT2D eigenvalue weighted by Gasteiger charge is -2.31. The molecule has 0 saturated carbocycles. The van der Waals surface area contributed by atoms with E-state index in [-0.39, 0.29) is 5.91 Å². The third-order valence-corrected chi connectivity index (χ3v) is 2.97. The van der Waals surface area contributed by atoms with Crippen LogP contribution in [0, 0.1) is 5.92 Å². The molecule has 2 N–H and O–H groups in total. The van der Waals surface area contributed by atoms with E-state index in [1.807, 2.05) is 0 Å². The molecule has 17 heavy (non-hydrogen) atoms. The first-order valence-corrected chi connectivity index (χ1v) is 5.94. The smallest absolute Gasteiger partial charge is 0.328 e. The largest absolute Gasteiger partial charge is 0.478 e. The standard InChI is InChI=1S/C12H20N2O3/c1-10(15)13-9-11-4-7-14(8-5-11)6-2-3-12(16)17/h2-3,11H,4-9H2,1H3,(H,13,15)(H,16,17)/b3-2+. The van der Waals surface area contributed by atoms with E-state index in [9.17, 15) is 9.59 Å². The number of rotatable bonds is 5. The van der Waals surface area contributed by atoms with Crippen molar-refractivity contribution in [2.24, 2.45) is 5.92 Å². The van der Waals surface area contributed by atoms with Gasteiger partial charge in [0.1, 0.15) is 0 Å². The third kappa shape index (κ3) is 6.06. The van der Waals surface area contributed by atoms with Crippen molar-refractivity contribution in [2.45, 2.75) is 19.8 Å². The SMILES string of the molecule is CC(=O)NCC1CCN(C/C=C/C(=O)O)CC1. The van der Waals surface area contributed by atoms with Gasteiger partial charge in [0.2, 0.25) is 5.91 Å². The highest BCUT2D eigenvalue weighted by Crippen LogP contribution is 2.15. The Hall–Kier alpha value is -1.36. The molecule has 0 unspecified atom stereocenters. The number of nitrogens with one attached hydrogen (secondary N) is 1. The Morgan fingerprint density at radius 2 is 2.06 bits per heavy atom. The monoisotopic (exact) mass is 240 g/mol. The molecule has 1 aliphatic rings. The van der Waals surface area contributed by atoms with Crippen LogP contribution in [0.5, 0.6) is 0 Å². The number of piperidine rings is 1. The number of hydrogen-bond acceptors (Lipinski definition) is 3. The molecule has 96 valence electrons. The van der Waals surface area contributed by atoms with E-state index in [2.05, 4.69) is 10.2 Å². The average molecular weight is 240 g/mol. The van der Waals surface area contributed by atoms with Gasteiger partial charge in [-0.25, -0.2) is 4.79 Å².